The average Bonchev–Trinajstić information content (AvgIpc) is 2.83. The van der Waals surface area contributed by atoms with Crippen molar-refractivity contribution in [2.24, 2.45) is 12.5 Å². The predicted molar refractivity (Wildman–Crippen MR) is 105 cm³/mol. The Morgan fingerprint density at radius 1 is 1.22 bits per heavy atom. The van der Waals surface area contributed by atoms with Crippen LogP contribution in [0.15, 0.2) is 41.2 Å². The van der Waals surface area contributed by atoms with Gasteiger partial charge in [0.1, 0.15) is 0 Å². The molecule has 0 aliphatic heterocycles. The quantitative estimate of drug-likeness (QED) is 0.740. The number of carbonyl (C=O) groups is 1. The van der Waals surface area contributed by atoms with E-state index in [1.165, 1.54) is 0 Å². The lowest BCUT2D eigenvalue weighted by Gasteiger charge is -2.18. The molecule has 2 aromatic heterocycles. The summed E-state index contributed by atoms with van der Waals surface area (Å²) in [4.78, 5) is 28.0. The highest BCUT2D eigenvalue weighted by atomic mass is 16.4. The summed E-state index contributed by atoms with van der Waals surface area (Å²) in [5.41, 5.74) is 3.80. The molecule has 2 N–H and O–H groups in total. The van der Waals surface area contributed by atoms with Gasteiger partial charge in [-0.25, -0.2) is 14.6 Å². The predicted octanol–water partition coefficient (Wildman–Crippen LogP) is 3.22. The average molecular weight is 368 g/mol. The third kappa shape index (κ3) is 4.02. The van der Waals surface area contributed by atoms with E-state index in [9.17, 15) is 9.59 Å². The van der Waals surface area contributed by atoms with Crippen LogP contribution >= 0.6 is 0 Å². The van der Waals surface area contributed by atoms with Gasteiger partial charge < -0.3 is 10.4 Å². The summed E-state index contributed by atoms with van der Waals surface area (Å²) < 4.78 is 3.33. The van der Waals surface area contributed by atoms with Gasteiger partial charge >= 0.3 is 11.8 Å². The Hall–Kier alpha value is -3.09. The summed E-state index contributed by atoms with van der Waals surface area (Å²) >= 11 is 0. The van der Waals surface area contributed by atoms with E-state index in [1.54, 1.807) is 16.2 Å². The zero-order chi connectivity index (χ0) is 19.8. The lowest BCUT2D eigenvalue weighted by molar-refractivity contribution is 0.194. The molecule has 0 saturated carbocycles. The highest BCUT2D eigenvalue weighted by Gasteiger charge is 2.18. The molecule has 7 nitrogen and oxygen atoms in total. The van der Waals surface area contributed by atoms with E-state index < -0.39 is 6.09 Å². The van der Waals surface area contributed by atoms with Crippen molar-refractivity contribution in [3.8, 4) is 11.3 Å². The molecule has 0 radical (unpaired) electrons. The third-order valence-corrected chi connectivity index (χ3v) is 4.28. The number of fused-ring (bicyclic) bond motifs is 1. The zero-order valence-electron chi connectivity index (χ0n) is 16.0. The van der Waals surface area contributed by atoms with Crippen molar-refractivity contribution in [3.05, 3.63) is 52.4 Å². The monoisotopic (exact) mass is 368 g/mol. The summed E-state index contributed by atoms with van der Waals surface area (Å²) in [6.07, 6.45) is -1.06. The first-order valence-electron chi connectivity index (χ1n) is 8.78. The highest BCUT2D eigenvalue weighted by molar-refractivity contribution is 5.76. The van der Waals surface area contributed by atoms with Gasteiger partial charge in [0.05, 0.1) is 11.2 Å². The van der Waals surface area contributed by atoms with Crippen molar-refractivity contribution in [1.29, 1.82) is 0 Å². The van der Waals surface area contributed by atoms with Crippen molar-refractivity contribution in [2.75, 3.05) is 0 Å². The SMILES string of the molecule is Cn1c(=O)n(CC(C)(C)C)c2ccc(-c3cccc(CNC(=O)O)c3)nc21. The molecule has 0 bridgehead atoms. The summed E-state index contributed by atoms with van der Waals surface area (Å²) in [6, 6.07) is 11.4. The first-order valence-corrected chi connectivity index (χ1v) is 8.78. The van der Waals surface area contributed by atoms with Gasteiger partial charge in [-0.3, -0.25) is 9.13 Å². The number of hydrogen-bond acceptors (Lipinski definition) is 3. The molecule has 0 spiro atoms. The van der Waals surface area contributed by atoms with E-state index in [2.05, 4.69) is 26.1 Å². The molecule has 0 fully saturated rings. The maximum atomic E-state index is 12.6. The third-order valence-electron chi connectivity index (χ3n) is 4.28. The van der Waals surface area contributed by atoms with E-state index in [-0.39, 0.29) is 17.6 Å². The molecule has 3 rings (SSSR count). The molecule has 3 aromatic rings. The Labute approximate surface area is 157 Å². The molecule has 0 aliphatic carbocycles. The number of nitrogens with one attached hydrogen (secondary N) is 1. The molecule has 0 saturated heterocycles. The van der Waals surface area contributed by atoms with Crippen LogP contribution in [0.5, 0.6) is 0 Å². The number of aromatic nitrogens is 3. The number of pyridine rings is 1. The van der Waals surface area contributed by atoms with Crippen LogP contribution in [0.3, 0.4) is 0 Å². The summed E-state index contributed by atoms with van der Waals surface area (Å²) in [5, 5.41) is 11.1. The largest absolute Gasteiger partial charge is 0.465 e. The minimum absolute atomic E-state index is 0.0255. The second kappa shape index (κ2) is 6.90. The second-order valence-electron chi connectivity index (χ2n) is 7.89. The fraction of sp³-hybridized carbons (Fsp3) is 0.350. The van der Waals surface area contributed by atoms with E-state index in [0.29, 0.717) is 12.2 Å². The van der Waals surface area contributed by atoms with E-state index in [4.69, 9.17) is 10.1 Å². The maximum Gasteiger partial charge on any atom is 0.404 e. The van der Waals surface area contributed by atoms with Crippen molar-refractivity contribution in [1.82, 2.24) is 19.4 Å². The summed E-state index contributed by atoms with van der Waals surface area (Å²) in [5.74, 6) is 0. The van der Waals surface area contributed by atoms with Crippen LogP contribution in [0.2, 0.25) is 0 Å². The van der Waals surface area contributed by atoms with Gasteiger partial charge in [-0.1, -0.05) is 39.0 Å². The van der Waals surface area contributed by atoms with Crippen LogP contribution in [0, 0.1) is 5.41 Å². The Kier molecular flexibility index (Phi) is 4.78. The molecular weight excluding hydrogens is 344 g/mol. The van der Waals surface area contributed by atoms with Crippen LogP contribution in [0.1, 0.15) is 26.3 Å². The number of hydrogen-bond donors (Lipinski definition) is 2. The molecule has 7 heteroatoms. The molecule has 2 heterocycles. The minimum atomic E-state index is -1.06. The minimum Gasteiger partial charge on any atom is -0.465 e. The number of aryl methyl sites for hydroxylation is 1. The lowest BCUT2D eigenvalue weighted by Crippen LogP contribution is -2.27. The molecule has 27 heavy (non-hydrogen) atoms. The van der Waals surface area contributed by atoms with Gasteiger partial charge in [0.15, 0.2) is 5.65 Å². The van der Waals surface area contributed by atoms with Gasteiger partial charge in [0, 0.05) is 25.7 Å². The number of imidazole rings is 1. The number of benzene rings is 1. The maximum absolute atomic E-state index is 12.6. The normalized spacial score (nSPS) is 11.7. The summed E-state index contributed by atoms with van der Waals surface area (Å²) in [7, 11) is 1.73. The van der Waals surface area contributed by atoms with E-state index >= 15 is 0 Å². The Morgan fingerprint density at radius 3 is 2.63 bits per heavy atom. The number of carboxylic acid groups (broad SMARTS) is 1. The topological polar surface area (TPSA) is 89.2 Å². The van der Waals surface area contributed by atoms with Crippen LogP contribution in [0.25, 0.3) is 22.4 Å². The molecule has 1 aromatic carbocycles. The van der Waals surface area contributed by atoms with Crippen LogP contribution in [0.4, 0.5) is 4.79 Å². The van der Waals surface area contributed by atoms with Gasteiger partial charge in [0.2, 0.25) is 0 Å². The number of amides is 1. The summed E-state index contributed by atoms with van der Waals surface area (Å²) in [6.45, 7) is 7.12. The van der Waals surface area contributed by atoms with Crippen molar-refractivity contribution < 1.29 is 9.90 Å². The molecule has 0 atom stereocenters. The number of nitrogens with zero attached hydrogens (tertiary/aromatic N) is 3. The molecule has 0 aliphatic rings. The standard InChI is InChI=1S/C20H24N4O3/c1-20(2,3)12-24-16-9-8-15(22-17(16)23(4)19(24)27)14-7-5-6-13(10-14)11-21-18(25)26/h5-10,21H,11-12H2,1-4H3,(H,25,26). The molecule has 0 unspecified atom stereocenters. The van der Waals surface area contributed by atoms with Crippen LogP contribution in [-0.2, 0) is 20.1 Å². The molecular formula is C20H24N4O3. The second-order valence-corrected chi connectivity index (χ2v) is 7.89. The van der Waals surface area contributed by atoms with Gasteiger partial charge in [0.25, 0.3) is 0 Å². The van der Waals surface area contributed by atoms with Gasteiger partial charge in [-0.2, -0.15) is 0 Å². The number of rotatable bonds is 4. The first kappa shape index (κ1) is 18.7. The molecule has 142 valence electrons. The highest BCUT2D eigenvalue weighted by Crippen LogP contribution is 2.23. The Bertz CT molecular complexity index is 1060. The van der Waals surface area contributed by atoms with Gasteiger partial charge in [-0.05, 0) is 29.2 Å². The zero-order valence-corrected chi connectivity index (χ0v) is 16.0. The fourth-order valence-corrected chi connectivity index (χ4v) is 3.08. The van der Waals surface area contributed by atoms with Crippen molar-refractivity contribution in [2.45, 2.75) is 33.9 Å². The fourth-order valence-electron chi connectivity index (χ4n) is 3.08. The Balaban J connectivity index is 2.03. The van der Waals surface area contributed by atoms with Crippen molar-refractivity contribution >= 4 is 17.3 Å². The smallest absolute Gasteiger partial charge is 0.404 e. The van der Waals surface area contributed by atoms with Crippen molar-refractivity contribution in [3.63, 3.8) is 0 Å². The van der Waals surface area contributed by atoms with Crippen LogP contribution < -0.4 is 11.0 Å². The lowest BCUT2D eigenvalue weighted by atomic mass is 9.97. The Morgan fingerprint density at radius 2 is 1.96 bits per heavy atom. The molecule has 1 amide bonds. The van der Waals surface area contributed by atoms with E-state index in [1.807, 2.05) is 36.4 Å². The first-order chi connectivity index (χ1) is 12.7. The van der Waals surface area contributed by atoms with E-state index in [0.717, 1.165) is 22.3 Å². The van der Waals surface area contributed by atoms with Crippen LogP contribution in [-0.4, -0.2) is 25.3 Å². The van der Waals surface area contributed by atoms with Gasteiger partial charge in [-0.15, -0.1) is 0 Å².